The molecular weight excluding hydrogens is 322 g/mol. The highest BCUT2D eigenvalue weighted by molar-refractivity contribution is 6.02. The molecule has 1 aromatic carbocycles. The van der Waals surface area contributed by atoms with Gasteiger partial charge in [-0.1, -0.05) is 18.2 Å². The van der Waals surface area contributed by atoms with E-state index in [2.05, 4.69) is 10.1 Å². The van der Waals surface area contributed by atoms with E-state index in [0.717, 1.165) is 10.3 Å². The van der Waals surface area contributed by atoms with Gasteiger partial charge >= 0.3 is 0 Å². The first kappa shape index (κ1) is 16.6. The van der Waals surface area contributed by atoms with Gasteiger partial charge in [-0.2, -0.15) is 5.10 Å². The summed E-state index contributed by atoms with van der Waals surface area (Å²) in [5.74, 6) is -0.913. The largest absolute Gasteiger partial charge is 0.347 e. The summed E-state index contributed by atoms with van der Waals surface area (Å²) in [5, 5.41) is 4.45. The minimum Gasteiger partial charge on any atom is -0.347 e. The van der Waals surface area contributed by atoms with Crippen molar-refractivity contribution in [3.63, 3.8) is 0 Å². The minimum absolute atomic E-state index is 0.240. The van der Waals surface area contributed by atoms with E-state index in [1.165, 1.54) is 43.1 Å². The highest BCUT2D eigenvalue weighted by Gasteiger charge is 2.28. The zero-order valence-electron chi connectivity index (χ0n) is 14.1. The van der Waals surface area contributed by atoms with E-state index in [-0.39, 0.29) is 5.39 Å². The SMILES string of the molecule is CC(=O)[C@@H](C(=O)N(C)C)n1cnc2c(cnn2-c2ccccc2)c1=O. The van der Waals surface area contributed by atoms with E-state index < -0.39 is 23.3 Å². The Morgan fingerprint density at radius 1 is 1.16 bits per heavy atom. The summed E-state index contributed by atoms with van der Waals surface area (Å²) in [6, 6.07) is 8.03. The summed E-state index contributed by atoms with van der Waals surface area (Å²) in [6.45, 7) is 1.27. The van der Waals surface area contributed by atoms with Crippen LogP contribution in [0.5, 0.6) is 0 Å². The Balaban J connectivity index is 2.17. The van der Waals surface area contributed by atoms with Crippen molar-refractivity contribution in [2.45, 2.75) is 13.0 Å². The van der Waals surface area contributed by atoms with Crippen LogP contribution in [-0.2, 0) is 9.59 Å². The highest BCUT2D eigenvalue weighted by atomic mass is 16.2. The maximum absolute atomic E-state index is 12.8. The van der Waals surface area contributed by atoms with Crippen molar-refractivity contribution in [3.05, 3.63) is 53.2 Å². The van der Waals surface area contributed by atoms with Gasteiger partial charge in [0.25, 0.3) is 11.5 Å². The van der Waals surface area contributed by atoms with Crippen LogP contribution in [0.3, 0.4) is 0 Å². The molecule has 2 aromatic heterocycles. The molecule has 0 fully saturated rings. The Morgan fingerprint density at radius 3 is 2.44 bits per heavy atom. The van der Waals surface area contributed by atoms with Crippen molar-refractivity contribution >= 4 is 22.7 Å². The van der Waals surface area contributed by atoms with Crippen molar-refractivity contribution < 1.29 is 9.59 Å². The molecule has 1 amide bonds. The van der Waals surface area contributed by atoms with Crippen LogP contribution in [0.1, 0.15) is 13.0 Å². The lowest BCUT2D eigenvalue weighted by Crippen LogP contribution is -2.40. The molecule has 0 saturated carbocycles. The summed E-state index contributed by atoms with van der Waals surface area (Å²) in [5.41, 5.74) is 0.643. The molecule has 1 atom stereocenters. The van der Waals surface area contributed by atoms with Gasteiger partial charge in [0.15, 0.2) is 17.5 Å². The number of likely N-dealkylation sites (N-methyl/N-ethyl adjacent to an activating group) is 1. The lowest BCUT2D eigenvalue weighted by Gasteiger charge is -2.20. The number of nitrogens with zero attached hydrogens (tertiary/aromatic N) is 5. The van der Waals surface area contributed by atoms with Gasteiger partial charge in [0, 0.05) is 14.1 Å². The van der Waals surface area contributed by atoms with E-state index in [1.807, 2.05) is 30.3 Å². The normalized spacial score (nSPS) is 12.1. The third-order valence-electron chi connectivity index (χ3n) is 3.85. The van der Waals surface area contributed by atoms with Gasteiger partial charge in [-0.15, -0.1) is 0 Å². The molecule has 0 radical (unpaired) electrons. The van der Waals surface area contributed by atoms with E-state index >= 15 is 0 Å². The third kappa shape index (κ3) is 2.82. The predicted octanol–water partition coefficient (Wildman–Crippen LogP) is 0.800. The Kier molecular flexibility index (Phi) is 4.18. The van der Waals surface area contributed by atoms with E-state index in [0.29, 0.717) is 5.65 Å². The topological polar surface area (TPSA) is 90.1 Å². The molecule has 128 valence electrons. The second-order valence-corrected chi connectivity index (χ2v) is 5.83. The number of rotatable bonds is 4. The quantitative estimate of drug-likeness (QED) is 0.656. The smallest absolute Gasteiger partial charge is 0.265 e. The molecule has 0 unspecified atom stereocenters. The summed E-state index contributed by atoms with van der Waals surface area (Å²) in [7, 11) is 3.06. The van der Waals surface area contributed by atoms with Crippen molar-refractivity contribution in [2.24, 2.45) is 0 Å². The number of ketones is 1. The van der Waals surface area contributed by atoms with Crippen LogP contribution in [0, 0.1) is 0 Å². The highest BCUT2D eigenvalue weighted by Crippen LogP contribution is 2.15. The molecule has 25 heavy (non-hydrogen) atoms. The average molecular weight is 339 g/mol. The van der Waals surface area contributed by atoms with Crippen molar-refractivity contribution in [2.75, 3.05) is 14.1 Å². The number of carbonyl (C=O) groups is 2. The summed E-state index contributed by atoms with van der Waals surface area (Å²) in [6.07, 6.45) is 2.62. The summed E-state index contributed by atoms with van der Waals surface area (Å²) >= 11 is 0. The van der Waals surface area contributed by atoms with Gasteiger partial charge in [-0.25, -0.2) is 9.67 Å². The fourth-order valence-electron chi connectivity index (χ4n) is 2.60. The van der Waals surface area contributed by atoms with Gasteiger partial charge in [-0.05, 0) is 19.1 Å². The maximum Gasteiger partial charge on any atom is 0.265 e. The maximum atomic E-state index is 12.8. The monoisotopic (exact) mass is 339 g/mol. The van der Waals surface area contributed by atoms with Crippen molar-refractivity contribution in [3.8, 4) is 5.69 Å². The molecule has 3 rings (SSSR count). The minimum atomic E-state index is -1.24. The van der Waals surface area contributed by atoms with Crippen molar-refractivity contribution in [1.29, 1.82) is 0 Å². The van der Waals surface area contributed by atoms with Crippen molar-refractivity contribution in [1.82, 2.24) is 24.2 Å². The van der Waals surface area contributed by atoms with Gasteiger partial charge in [0.1, 0.15) is 11.7 Å². The number of hydrogen-bond acceptors (Lipinski definition) is 5. The van der Waals surface area contributed by atoms with E-state index in [9.17, 15) is 14.4 Å². The number of amides is 1. The standard InChI is InChI=1S/C17H17N5O3/c1-11(23)14(17(25)20(2)3)21-10-18-15-13(16(21)24)9-19-22(15)12-7-5-4-6-8-12/h4-10,14H,1-3H3/t14-/m0/s1. The average Bonchev–Trinajstić information content (AvgIpc) is 3.02. The second-order valence-electron chi connectivity index (χ2n) is 5.83. The Bertz CT molecular complexity index is 1000. The fraction of sp³-hybridized carbons (Fsp3) is 0.235. The zero-order valence-corrected chi connectivity index (χ0v) is 14.1. The van der Waals surface area contributed by atoms with E-state index in [1.54, 1.807) is 0 Å². The molecule has 0 N–H and O–H groups in total. The summed E-state index contributed by atoms with van der Waals surface area (Å²) < 4.78 is 2.60. The second kappa shape index (κ2) is 6.31. The first-order valence-corrected chi connectivity index (χ1v) is 7.63. The van der Waals surface area contributed by atoms with Gasteiger partial charge < -0.3 is 4.90 Å². The number of Topliss-reactive ketones (excluding diaryl/α,β-unsaturated/α-hetero) is 1. The number of hydrogen-bond donors (Lipinski definition) is 0. The zero-order chi connectivity index (χ0) is 18.1. The molecule has 0 aliphatic heterocycles. The number of para-hydroxylation sites is 1. The molecule has 0 aliphatic rings. The molecule has 0 spiro atoms. The third-order valence-corrected chi connectivity index (χ3v) is 3.85. The number of carbonyl (C=O) groups excluding carboxylic acids is 2. The lowest BCUT2D eigenvalue weighted by molar-refractivity contribution is -0.137. The molecule has 2 heterocycles. The molecule has 8 nitrogen and oxygen atoms in total. The Labute approximate surface area is 143 Å². The number of benzene rings is 1. The molecule has 0 bridgehead atoms. The Morgan fingerprint density at radius 2 is 1.84 bits per heavy atom. The Hall–Kier alpha value is -3.29. The molecule has 0 saturated heterocycles. The first-order valence-electron chi connectivity index (χ1n) is 7.63. The van der Waals surface area contributed by atoms with Crippen LogP contribution in [0.2, 0.25) is 0 Å². The van der Waals surface area contributed by atoms with Gasteiger partial charge in [0.2, 0.25) is 0 Å². The van der Waals surface area contributed by atoms with Crippen LogP contribution in [0.25, 0.3) is 16.7 Å². The van der Waals surface area contributed by atoms with Gasteiger partial charge in [0.05, 0.1) is 11.9 Å². The van der Waals surface area contributed by atoms with Crippen LogP contribution >= 0.6 is 0 Å². The van der Waals surface area contributed by atoms with E-state index in [4.69, 9.17) is 0 Å². The number of aromatic nitrogens is 4. The number of fused-ring (bicyclic) bond motifs is 1. The van der Waals surface area contributed by atoms with Crippen LogP contribution in [-0.4, -0.2) is 50.0 Å². The first-order chi connectivity index (χ1) is 11.9. The fourth-order valence-corrected chi connectivity index (χ4v) is 2.60. The predicted molar refractivity (Wildman–Crippen MR) is 91.5 cm³/mol. The van der Waals surface area contributed by atoms with Crippen LogP contribution in [0.4, 0.5) is 0 Å². The molecule has 0 aliphatic carbocycles. The summed E-state index contributed by atoms with van der Waals surface area (Å²) in [4.78, 5) is 42.6. The molecular formula is C17H17N5O3. The lowest BCUT2D eigenvalue weighted by atomic mass is 10.1. The molecule has 3 aromatic rings. The van der Waals surface area contributed by atoms with Gasteiger partial charge in [-0.3, -0.25) is 19.0 Å². The molecule has 8 heteroatoms. The van der Waals surface area contributed by atoms with Crippen LogP contribution < -0.4 is 5.56 Å². The van der Waals surface area contributed by atoms with Crippen LogP contribution in [0.15, 0.2) is 47.7 Å².